The van der Waals surface area contributed by atoms with Gasteiger partial charge in [0.15, 0.2) is 0 Å². The van der Waals surface area contributed by atoms with E-state index in [0.29, 0.717) is 5.56 Å². The van der Waals surface area contributed by atoms with E-state index in [4.69, 9.17) is 0 Å². The molecule has 0 bridgehead atoms. The smallest absolute Gasteiger partial charge is 0.255 e. The topological polar surface area (TPSA) is 53.2 Å². The molecule has 5 heteroatoms. The van der Waals surface area contributed by atoms with Crippen LogP contribution in [0.1, 0.15) is 36.0 Å². The molecule has 1 aliphatic heterocycles. The minimum absolute atomic E-state index is 0.0117. The van der Waals surface area contributed by atoms with Crippen LogP contribution in [0, 0.1) is 0 Å². The molecule has 1 unspecified atom stereocenters. The quantitative estimate of drug-likeness (QED) is 0.851. The Bertz CT molecular complexity index is 452. The van der Waals surface area contributed by atoms with Crippen molar-refractivity contribution in [3.63, 3.8) is 0 Å². The van der Waals surface area contributed by atoms with E-state index < -0.39 is 0 Å². The fourth-order valence-electron chi connectivity index (χ4n) is 2.31. The van der Waals surface area contributed by atoms with Crippen LogP contribution < -0.4 is 5.56 Å². The Hall–Kier alpha value is -1.10. The number of carbonyl (C=O) groups is 1. The molecule has 0 saturated carbocycles. The van der Waals surface area contributed by atoms with Crippen LogP contribution in [0.5, 0.6) is 0 Å². The Labute approximate surface area is 115 Å². The van der Waals surface area contributed by atoms with E-state index >= 15 is 0 Å². The second-order valence-electron chi connectivity index (χ2n) is 4.60. The predicted molar refractivity (Wildman–Crippen MR) is 74.1 cm³/mol. The van der Waals surface area contributed by atoms with Crippen LogP contribution in [0.15, 0.2) is 23.1 Å². The summed E-state index contributed by atoms with van der Waals surface area (Å²) in [5.74, 6) is 0.0117. The van der Waals surface area contributed by atoms with E-state index in [9.17, 15) is 9.59 Å². The zero-order valence-corrected chi connectivity index (χ0v) is 11.8. The molecule has 1 aliphatic rings. The molecule has 18 heavy (non-hydrogen) atoms. The number of pyridine rings is 1. The number of aromatic nitrogens is 1. The van der Waals surface area contributed by atoms with Crippen molar-refractivity contribution in [1.29, 1.82) is 0 Å². The van der Waals surface area contributed by atoms with Crippen LogP contribution in [0.2, 0.25) is 0 Å². The number of carbonyl (C=O) groups excluding carboxylic acids is 1. The molecular formula is C13H17BrN2O2. The van der Waals surface area contributed by atoms with E-state index in [-0.39, 0.29) is 17.5 Å². The van der Waals surface area contributed by atoms with E-state index in [2.05, 4.69) is 20.9 Å². The Kier molecular flexibility index (Phi) is 4.58. The monoisotopic (exact) mass is 312 g/mol. The van der Waals surface area contributed by atoms with Crippen molar-refractivity contribution in [1.82, 2.24) is 9.88 Å². The maximum absolute atomic E-state index is 12.4. The van der Waals surface area contributed by atoms with Gasteiger partial charge in [-0.3, -0.25) is 9.59 Å². The zero-order valence-electron chi connectivity index (χ0n) is 10.2. The minimum atomic E-state index is -0.181. The third-order valence-corrected chi connectivity index (χ3v) is 4.09. The third kappa shape index (κ3) is 3.02. The molecule has 1 N–H and O–H groups in total. The highest BCUT2D eigenvalue weighted by Crippen LogP contribution is 2.20. The van der Waals surface area contributed by atoms with E-state index in [1.165, 1.54) is 25.1 Å². The molecular weight excluding hydrogens is 296 g/mol. The Balaban J connectivity index is 2.19. The number of hydrogen-bond donors (Lipinski definition) is 1. The lowest BCUT2D eigenvalue weighted by atomic mass is 10.1. The first-order valence-electron chi connectivity index (χ1n) is 6.28. The van der Waals surface area contributed by atoms with Gasteiger partial charge in [-0.25, -0.2) is 0 Å². The number of alkyl halides is 1. The van der Waals surface area contributed by atoms with Crippen LogP contribution >= 0.6 is 15.9 Å². The first-order valence-corrected chi connectivity index (χ1v) is 7.40. The van der Waals surface area contributed by atoms with Gasteiger partial charge in [-0.05, 0) is 18.9 Å². The van der Waals surface area contributed by atoms with Crippen molar-refractivity contribution >= 4 is 21.8 Å². The fraction of sp³-hybridized carbons (Fsp3) is 0.538. The van der Waals surface area contributed by atoms with Crippen LogP contribution in [0.4, 0.5) is 0 Å². The van der Waals surface area contributed by atoms with Gasteiger partial charge < -0.3 is 9.88 Å². The van der Waals surface area contributed by atoms with E-state index in [1.54, 1.807) is 6.07 Å². The zero-order chi connectivity index (χ0) is 13.0. The number of nitrogens with one attached hydrogen (secondary N) is 1. The molecule has 2 rings (SSSR count). The lowest BCUT2D eigenvalue weighted by Crippen LogP contribution is -2.41. The number of aromatic amines is 1. The van der Waals surface area contributed by atoms with Crippen LogP contribution in [-0.2, 0) is 0 Å². The number of amides is 1. The highest BCUT2D eigenvalue weighted by molar-refractivity contribution is 9.09. The Morgan fingerprint density at radius 3 is 2.89 bits per heavy atom. The summed E-state index contributed by atoms with van der Waals surface area (Å²) in [4.78, 5) is 27.9. The summed E-state index contributed by atoms with van der Waals surface area (Å²) < 4.78 is 0. The molecule has 1 saturated heterocycles. The number of rotatable bonds is 2. The van der Waals surface area contributed by atoms with Crippen molar-refractivity contribution in [3.8, 4) is 0 Å². The molecule has 2 heterocycles. The maximum Gasteiger partial charge on any atom is 0.255 e. The summed E-state index contributed by atoms with van der Waals surface area (Å²) in [6.07, 6.45) is 5.95. The molecule has 1 amide bonds. The molecule has 4 nitrogen and oxygen atoms in total. The summed E-state index contributed by atoms with van der Waals surface area (Å²) in [7, 11) is 0. The number of halogens is 1. The summed E-state index contributed by atoms with van der Waals surface area (Å²) in [6, 6.07) is 3.25. The molecule has 0 aliphatic carbocycles. The number of H-pyrrole nitrogens is 1. The molecule has 1 aromatic rings. The van der Waals surface area contributed by atoms with Gasteiger partial charge in [0.2, 0.25) is 5.56 Å². The highest BCUT2D eigenvalue weighted by atomic mass is 79.9. The van der Waals surface area contributed by atoms with Crippen molar-refractivity contribution in [2.45, 2.75) is 31.7 Å². The van der Waals surface area contributed by atoms with Gasteiger partial charge in [-0.1, -0.05) is 28.8 Å². The molecule has 0 spiro atoms. The highest BCUT2D eigenvalue weighted by Gasteiger charge is 2.25. The number of nitrogens with zero attached hydrogens (tertiary/aromatic N) is 1. The largest absolute Gasteiger partial charge is 0.335 e. The first kappa shape index (κ1) is 13.3. The molecule has 0 radical (unpaired) electrons. The summed E-state index contributed by atoms with van der Waals surface area (Å²) in [5.41, 5.74) is 0.377. The van der Waals surface area contributed by atoms with Gasteiger partial charge in [-0.2, -0.15) is 0 Å². The molecule has 1 aromatic heterocycles. The second kappa shape index (κ2) is 6.18. The number of likely N-dealkylation sites (tertiary alicyclic amines) is 1. The van der Waals surface area contributed by atoms with E-state index in [1.807, 2.05) is 4.90 Å². The number of hydrogen-bond acceptors (Lipinski definition) is 2. The van der Waals surface area contributed by atoms with Crippen LogP contribution in [0.25, 0.3) is 0 Å². The molecule has 98 valence electrons. The lowest BCUT2D eigenvalue weighted by molar-refractivity contribution is 0.0702. The molecule has 1 atom stereocenters. The third-order valence-electron chi connectivity index (χ3n) is 3.35. The van der Waals surface area contributed by atoms with Crippen molar-refractivity contribution in [2.24, 2.45) is 0 Å². The molecule has 1 fully saturated rings. The average Bonchev–Trinajstić information content (AvgIpc) is 2.63. The van der Waals surface area contributed by atoms with Gasteiger partial charge in [0, 0.05) is 30.2 Å². The summed E-state index contributed by atoms with van der Waals surface area (Å²) in [6.45, 7) is 0.800. The first-order chi connectivity index (χ1) is 8.72. The van der Waals surface area contributed by atoms with Crippen LogP contribution in [-0.4, -0.2) is 33.7 Å². The second-order valence-corrected chi connectivity index (χ2v) is 5.25. The summed E-state index contributed by atoms with van der Waals surface area (Å²) >= 11 is 3.49. The predicted octanol–water partition coefficient (Wildman–Crippen LogP) is 2.15. The maximum atomic E-state index is 12.4. The average molecular weight is 313 g/mol. The normalized spacial score (nSPS) is 20.5. The van der Waals surface area contributed by atoms with Crippen LogP contribution in [0.3, 0.4) is 0 Å². The Morgan fingerprint density at radius 2 is 2.22 bits per heavy atom. The van der Waals surface area contributed by atoms with Crippen molar-refractivity contribution in [2.75, 3.05) is 11.9 Å². The Morgan fingerprint density at radius 1 is 1.39 bits per heavy atom. The fourth-order valence-corrected chi connectivity index (χ4v) is 2.99. The summed E-state index contributed by atoms with van der Waals surface area (Å²) in [5, 5.41) is 0.808. The van der Waals surface area contributed by atoms with Gasteiger partial charge in [0.25, 0.3) is 5.91 Å². The van der Waals surface area contributed by atoms with Crippen molar-refractivity contribution < 1.29 is 4.79 Å². The van der Waals surface area contributed by atoms with Gasteiger partial charge >= 0.3 is 0 Å². The van der Waals surface area contributed by atoms with Crippen molar-refractivity contribution in [3.05, 3.63) is 34.2 Å². The van der Waals surface area contributed by atoms with E-state index in [0.717, 1.165) is 24.7 Å². The van der Waals surface area contributed by atoms with Gasteiger partial charge in [0.1, 0.15) is 0 Å². The SMILES string of the molecule is O=C(c1ccc(=O)[nH]c1)N1CCCCCC1CBr. The standard InChI is InChI=1S/C13H17BrN2O2/c14-8-11-4-2-1-3-7-16(11)13(18)10-5-6-12(17)15-9-10/h5-6,9,11H,1-4,7-8H2,(H,15,17). The molecule has 0 aromatic carbocycles. The van der Waals surface area contributed by atoms with Gasteiger partial charge in [-0.15, -0.1) is 0 Å². The van der Waals surface area contributed by atoms with Gasteiger partial charge in [0.05, 0.1) is 5.56 Å². The lowest BCUT2D eigenvalue weighted by Gasteiger charge is -2.28. The minimum Gasteiger partial charge on any atom is -0.335 e.